The van der Waals surface area contributed by atoms with Crippen LogP contribution in [0.4, 0.5) is 25.3 Å². The Morgan fingerprint density at radius 2 is 2.10 bits per heavy atom. The second-order valence-corrected chi connectivity index (χ2v) is 8.61. The number of thiophene rings is 1. The molecule has 6 nitrogen and oxygen atoms in total. The number of fused-ring (bicyclic) bond motifs is 1. The van der Waals surface area contributed by atoms with Gasteiger partial charge in [-0.25, -0.2) is 18.7 Å². The number of halogens is 3. The van der Waals surface area contributed by atoms with Crippen molar-refractivity contribution in [2.75, 3.05) is 30.3 Å². The van der Waals surface area contributed by atoms with E-state index in [9.17, 15) is 13.6 Å². The van der Waals surface area contributed by atoms with Gasteiger partial charge in [0, 0.05) is 31.4 Å². The number of anilines is 3. The first kappa shape index (κ1) is 21.6. The molecule has 162 valence electrons. The lowest BCUT2D eigenvalue weighted by Gasteiger charge is -2.27. The third-order valence-electron chi connectivity index (χ3n) is 4.91. The number of nitrogens with one attached hydrogen (secondary N) is 2. The Labute approximate surface area is 186 Å². The lowest BCUT2D eigenvalue weighted by Crippen LogP contribution is -2.34. The number of benzene rings is 1. The van der Waals surface area contributed by atoms with Gasteiger partial charge in [0.1, 0.15) is 29.0 Å². The molecule has 4 rings (SSSR count). The van der Waals surface area contributed by atoms with Crippen LogP contribution in [0.5, 0.6) is 0 Å². The molecule has 2 aromatic heterocycles. The standard InChI is InChI=1S/C21H20ClF2N5OS/c22-16-10-14(3-4-17(16)24)27-20-15-11-19(31-21(15)26-12-25-20)28-18(30)2-1-7-29-8-5-13(23)6-9-29/h1-4,10-13H,5-9H2,(H,28,30)(H,25,26,27)/b2-1+. The molecule has 31 heavy (non-hydrogen) atoms. The SMILES string of the molecule is O=C(/C=C/CN1CCC(F)CC1)Nc1cc2c(Nc3ccc(F)c(Cl)c3)ncnc2s1. The van der Waals surface area contributed by atoms with E-state index in [0.29, 0.717) is 53.8 Å². The average molecular weight is 464 g/mol. The van der Waals surface area contributed by atoms with Crippen LogP contribution in [0.2, 0.25) is 5.02 Å². The number of piperidine rings is 1. The molecule has 10 heteroatoms. The molecule has 1 amide bonds. The number of aromatic nitrogens is 2. The number of alkyl halides is 1. The van der Waals surface area contributed by atoms with Gasteiger partial charge in [-0.15, -0.1) is 0 Å². The third-order valence-corrected chi connectivity index (χ3v) is 6.16. The summed E-state index contributed by atoms with van der Waals surface area (Å²) in [5, 5.41) is 7.29. The monoisotopic (exact) mass is 463 g/mol. The maximum absolute atomic E-state index is 13.4. The Kier molecular flexibility index (Phi) is 6.74. The van der Waals surface area contributed by atoms with Gasteiger partial charge < -0.3 is 10.6 Å². The molecule has 0 radical (unpaired) electrons. The smallest absolute Gasteiger partial charge is 0.248 e. The highest BCUT2D eigenvalue weighted by Gasteiger charge is 2.17. The van der Waals surface area contributed by atoms with Crippen LogP contribution in [0.15, 0.2) is 42.7 Å². The third kappa shape index (κ3) is 5.55. The number of nitrogens with zero attached hydrogens (tertiary/aromatic N) is 3. The lowest BCUT2D eigenvalue weighted by atomic mass is 10.1. The van der Waals surface area contributed by atoms with E-state index in [1.165, 1.54) is 35.9 Å². The molecule has 1 aliphatic heterocycles. The maximum Gasteiger partial charge on any atom is 0.248 e. The minimum absolute atomic E-state index is 0.00873. The highest BCUT2D eigenvalue weighted by molar-refractivity contribution is 7.22. The maximum atomic E-state index is 13.4. The minimum atomic E-state index is -0.709. The summed E-state index contributed by atoms with van der Waals surface area (Å²) in [6.45, 7) is 2.03. The Morgan fingerprint density at radius 1 is 1.29 bits per heavy atom. The molecule has 1 saturated heterocycles. The molecule has 0 saturated carbocycles. The van der Waals surface area contributed by atoms with Crippen LogP contribution in [0.25, 0.3) is 10.2 Å². The van der Waals surface area contributed by atoms with Gasteiger partial charge in [-0.3, -0.25) is 9.69 Å². The topological polar surface area (TPSA) is 70.2 Å². The van der Waals surface area contributed by atoms with Gasteiger partial charge in [0.25, 0.3) is 0 Å². The van der Waals surface area contributed by atoms with Crippen molar-refractivity contribution < 1.29 is 13.6 Å². The molecule has 3 heterocycles. The Morgan fingerprint density at radius 3 is 2.87 bits per heavy atom. The molecule has 3 aromatic rings. The number of amides is 1. The molecule has 1 aromatic carbocycles. The summed E-state index contributed by atoms with van der Waals surface area (Å²) in [6, 6.07) is 6.09. The minimum Gasteiger partial charge on any atom is -0.340 e. The van der Waals surface area contributed by atoms with Gasteiger partial charge in [0.15, 0.2) is 0 Å². The number of carbonyl (C=O) groups is 1. The van der Waals surface area contributed by atoms with Crippen molar-refractivity contribution >= 4 is 55.6 Å². The second kappa shape index (κ2) is 9.67. The Hall–Kier alpha value is -2.62. The van der Waals surface area contributed by atoms with Gasteiger partial charge in [-0.2, -0.15) is 0 Å². The van der Waals surface area contributed by atoms with Crippen molar-refractivity contribution in [2.45, 2.75) is 19.0 Å². The second-order valence-electron chi connectivity index (χ2n) is 7.17. The van der Waals surface area contributed by atoms with Crippen LogP contribution in [-0.4, -0.2) is 46.6 Å². The summed E-state index contributed by atoms with van der Waals surface area (Å²) in [7, 11) is 0. The Bertz CT molecular complexity index is 1110. The molecule has 2 N–H and O–H groups in total. The van der Waals surface area contributed by atoms with Crippen LogP contribution in [0, 0.1) is 5.82 Å². The molecule has 0 unspecified atom stereocenters. The van der Waals surface area contributed by atoms with Crippen LogP contribution >= 0.6 is 22.9 Å². The zero-order valence-electron chi connectivity index (χ0n) is 16.4. The summed E-state index contributed by atoms with van der Waals surface area (Å²) in [5.74, 6) is -0.225. The fourth-order valence-electron chi connectivity index (χ4n) is 3.28. The number of rotatable bonds is 6. The van der Waals surface area contributed by atoms with Gasteiger partial charge in [0.2, 0.25) is 5.91 Å². The van der Waals surface area contributed by atoms with Crippen LogP contribution < -0.4 is 10.6 Å². The van der Waals surface area contributed by atoms with Crippen molar-refractivity contribution in [3.63, 3.8) is 0 Å². The summed E-state index contributed by atoms with van der Waals surface area (Å²) >= 11 is 7.16. The molecular weight excluding hydrogens is 444 g/mol. The van der Waals surface area contributed by atoms with E-state index in [4.69, 9.17) is 11.6 Å². The molecule has 1 fully saturated rings. The number of hydrogen-bond donors (Lipinski definition) is 2. The summed E-state index contributed by atoms with van der Waals surface area (Å²) in [4.78, 5) is 23.6. The largest absolute Gasteiger partial charge is 0.340 e. The van der Waals surface area contributed by atoms with Gasteiger partial charge in [-0.05, 0) is 37.1 Å². The molecule has 1 aliphatic rings. The van der Waals surface area contributed by atoms with E-state index < -0.39 is 12.0 Å². The van der Waals surface area contributed by atoms with E-state index >= 15 is 0 Å². The van der Waals surface area contributed by atoms with Crippen LogP contribution in [-0.2, 0) is 4.79 Å². The number of likely N-dealkylation sites (tertiary alicyclic amines) is 1. The quantitative estimate of drug-likeness (QED) is 0.494. The van der Waals surface area contributed by atoms with Crippen LogP contribution in [0.1, 0.15) is 12.8 Å². The lowest BCUT2D eigenvalue weighted by molar-refractivity contribution is -0.111. The fraction of sp³-hybridized carbons (Fsp3) is 0.286. The summed E-state index contributed by atoms with van der Waals surface area (Å²) in [6.07, 6.45) is 5.06. The van der Waals surface area contributed by atoms with Gasteiger partial charge >= 0.3 is 0 Å². The molecular formula is C21H20ClF2N5OS. The van der Waals surface area contributed by atoms with Crippen molar-refractivity contribution in [1.82, 2.24) is 14.9 Å². The number of hydrogen-bond acceptors (Lipinski definition) is 6. The van der Waals surface area contributed by atoms with Crippen molar-refractivity contribution in [2.24, 2.45) is 0 Å². The zero-order valence-corrected chi connectivity index (χ0v) is 18.0. The van der Waals surface area contributed by atoms with Crippen molar-refractivity contribution in [3.05, 3.63) is 53.6 Å². The van der Waals surface area contributed by atoms with E-state index in [2.05, 4.69) is 25.5 Å². The number of carbonyl (C=O) groups excluding carboxylic acids is 1. The molecule has 0 spiro atoms. The van der Waals surface area contributed by atoms with Gasteiger partial charge in [-0.1, -0.05) is 29.0 Å². The van der Waals surface area contributed by atoms with Crippen LogP contribution in [0.3, 0.4) is 0 Å². The molecule has 0 atom stereocenters. The summed E-state index contributed by atoms with van der Waals surface area (Å²) in [5.41, 5.74) is 0.586. The van der Waals surface area contributed by atoms with E-state index in [1.54, 1.807) is 18.2 Å². The zero-order chi connectivity index (χ0) is 21.8. The fourth-order valence-corrected chi connectivity index (χ4v) is 4.37. The van der Waals surface area contributed by atoms with Crippen molar-refractivity contribution in [1.29, 1.82) is 0 Å². The van der Waals surface area contributed by atoms with E-state index in [1.807, 2.05) is 0 Å². The first-order valence-electron chi connectivity index (χ1n) is 9.78. The van der Waals surface area contributed by atoms with E-state index in [-0.39, 0.29) is 10.9 Å². The molecule has 0 bridgehead atoms. The average Bonchev–Trinajstić information content (AvgIpc) is 3.15. The highest BCUT2D eigenvalue weighted by Crippen LogP contribution is 2.33. The Balaban J connectivity index is 1.40. The summed E-state index contributed by atoms with van der Waals surface area (Å²) < 4.78 is 26.6. The predicted octanol–water partition coefficient (Wildman–Crippen LogP) is 5.16. The first-order chi connectivity index (χ1) is 15.0. The van der Waals surface area contributed by atoms with E-state index in [0.717, 1.165) is 5.39 Å². The molecule has 0 aliphatic carbocycles. The van der Waals surface area contributed by atoms with Crippen molar-refractivity contribution in [3.8, 4) is 0 Å². The first-order valence-corrected chi connectivity index (χ1v) is 11.0. The normalized spacial score (nSPS) is 15.6. The predicted molar refractivity (Wildman–Crippen MR) is 120 cm³/mol. The highest BCUT2D eigenvalue weighted by atomic mass is 35.5. The van der Waals surface area contributed by atoms with Gasteiger partial charge in [0.05, 0.1) is 15.4 Å².